The molecule has 0 aliphatic heterocycles. The van der Waals surface area contributed by atoms with Crippen LogP contribution in [0.4, 0.5) is 5.69 Å². The van der Waals surface area contributed by atoms with Gasteiger partial charge in [-0.1, -0.05) is 6.07 Å². The first-order valence-electron chi connectivity index (χ1n) is 7.11. The molecule has 0 bridgehead atoms. The molecule has 0 saturated heterocycles. The standard InChI is InChI=1S/C17H24N2O/c1-6-19-13(3)10-15(14(19)4)11-18-16-8-7-12(2)9-17(16)20-5/h7-10,18H,6,11H2,1-5H3. The van der Waals surface area contributed by atoms with Crippen LogP contribution in [0, 0.1) is 20.8 Å². The summed E-state index contributed by atoms with van der Waals surface area (Å²) in [6.07, 6.45) is 0. The Balaban J connectivity index is 2.17. The Morgan fingerprint density at radius 3 is 2.50 bits per heavy atom. The maximum atomic E-state index is 5.43. The SMILES string of the molecule is CCn1c(C)cc(CNc2ccc(C)cc2OC)c1C. The zero-order valence-electron chi connectivity index (χ0n) is 13.1. The molecule has 20 heavy (non-hydrogen) atoms. The number of anilines is 1. The molecule has 0 amide bonds. The number of hydrogen-bond donors (Lipinski definition) is 1. The average molecular weight is 272 g/mol. The van der Waals surface area contributed by atoms with E-state index in [0.29, 0.717) is 0 Å². The Morgan fingerprint density at radius 2 is 1.90 bits per heavy atom. The van der Waals surface area contributed by atoms with Crippen LogP contribution < -0.4 is 10.1 Å². The van der Waals surface area contributed by atoms with Crippen LogP contribution in [0.15, 0.2) is 24.3 Å². The zero-order valence-corrected chi connectivity index (χ0v) is 13.1. The second-order valence-corrected chi connectivity index (χ2v) is 5.20. The van der Waals surface area contributed by atoms with Crippen LogP contribution in [0.25, 0.3) is 0 Å². The normalized spacial score (nSPS) is 10.7. The van der Waals surface area contributed by atoms with Gasteiger partial charge in [-0.3, -0.25) is 0 Å². The van der Waals surface area contributed by atoms with Crippen molar-refractivity contribution in [2.24, 2.45) is 0 Å². The number of rotatable bonds is 5. The summed E-state index contributed by atoms with van der Waals surface area (Å²) < 4.78 is 7.76. The van der Waals surface area contributed by atoms with Crippen molar-refractivity contribution in [1.82, 2.24) is 4.57 Å². The van der Waals surface area contributed by atoms with Gasteiger partial charge in [0.05, 0.1) is 12.8 Å². The van der Waals surface area contributed by atoms with Crippen LogP contribution >= 0.6 is 0 Å². The first kappa shape index (κ1) is 14.5. The third-order valence-corrected chi connectivity index (χ3v) is 3.82. The summed E-state index contributed by atoms with van der Waals surface area (Å²) in [6, 6.07) is 8.48. The van der Waals surface area contributed by atoms with E-state index in [9.17, 15) is 0 Å². The number of aryl methyl sites for hydroxylation is 2. The van der Waals surface area contributed by atoms with Crippen molar-refractivity contribution in [3.05, 3.63) is 46.8 Å². The van der Waals surface area contributed by atoms with Crippen molar-refractivity contribution in [3.63, 3.8) is 0 Å². The molecule has 0 aliphatic rings. The van der Waals surface area contributed by atoms with Gasteiger partial charge in [-0.15, -0.1) is 0 Å². The minimum Gasteiger partial charge on any atom is -0.495 e. The summed E-state index contributed by atoms with van der Waals surface area (Å²) in [4.78, 5) is 0. The molecule has 0 atom stereocenters. The Kier molecular flexibility index (Phi) is 4.38. The highest BCUT2D eigenvalue weighted by molar-refractivity contribution is 5.58. The van der Waals surface area contributed by atoms with Gasteiger partial charge < -0.3 is 14.6 Å². The molecule has 2 aromatic rings. The van der Waals surface area contributed by atoms with Crippen LogP contribution in [0.2, 0.25) is 0 Å². The van der Waals surface area contributed by atoms with Crippen LogP contribution in [0.5, 0.6) is 5.75 Å². The topological polar surface area (TPSA) is 26.2 Å². The van der Waals surface area contributed by atoms with E-state index in [-0.39, 0.29) is 0 Å². The fourth-order valence-electron chi connectivity index (χ4n) is 2.67. The lowest BCUT2D eigenvalue weighted by Crippen LogP contribution is -2.04. The second kappa shape index (κ2) is 6.04. The minimum atomic E-state index is 0.819. The first-order valence-corrected chi connectivity index (χ1v) is 7.11. The van der Waals surface area contributed by atoms with Crippen molar-refractivity contribution in [2.45, 2.75) is 40.8 Å². The molecule has 1 heterocycles. The molecule has 3 heteroatoms. The molecule has 1 aromatic heterocycles. The summed E-state index contributed by atoms with van der Waals surface area (Å²) >= 11 is 0. The summed E-state index contributed by atoms with van der Waals surface area (Å²) in [7, 11) is 1.71. The molecule has 2 rings (SSSR count). The zero-order chi connectivity index (χ0) is 14.7. The van der Waals surface area contributed by atoms with Crippen molar-refractivity contribution in [1.29, 1.82) is 0 Å². The summed E-state index contributed by atoms with van der Waals surface area (Å²) in [6.45, 7) is 10.4. The number of hydrogen-bond acceptors (Lipinski definition) is 2. The van der Waals surface area contributed by atoms with Crippen molar-refractivity contribution in [2.75, 3.05) is 12.4 Å². The molecule has 1 aromatic carbocycles. The van der Waals surface area contributed by atoms with Crippen molar-refractivity contribution >= 4 is 5.69 Å². The van der Waals surface area contributed by atoms with Gasteiger partial charge in [0.1, 0.15) is 5.75 Å². The van der Waals surface area contributed by atoms with E-state index in [1.54, 1.807) is 7.11 Å². The van der Waals surface area contributed by atoms with Gasteiger partial charge in [0, 0.05) is 24.5 Å². The Bertz CT molecular complexity index is 599. The van der Waals surface area contributed by atoms with Gasteiger partial charge in [0.2, 0.25) is 0 Å². The molecular weight excluding hydrogens is 248 g/mol. The molecule has 0 fully saturated rings. The number of benzene rings is 1. The lowest BCUT2D eigenvalue weighted by Gasteiger charge is -2.12. The predicted molar refractivity (Wildman–Crippen MR) is 84.6 cm³/mol. The molecule has 108 valence electrons. The summed E-state index contributed by atoms with van der Waals surface area (Å²) in [5.74, 6) is 0.897. The molecular formula is C17H24N2O. The van der Waals surface area contributed by atoms with Gasteiger partial charge >= 0.3 is 0 Å². The van der Waals surface area contributed by atoms with E-state index < -0.39 is 0 Å². The molecule has 0 aliphatic carbocycles. The maximum Gasteiger partial charge on any atom is 0.142 e. The highest BCUT2D eigenvalue weighted by Crippen LogP contribution is 2.26. The molecule has 1 N–H and O–H groups in total. The Morgan fingerprint density at radius 1 is 1.15 bits per heavy atom. The maximum absolute atomic E-state index is 5.43. The van der Waals surface area contributed by atoms with Crippen LogP contribution in [-0.2, 0) is 13.1 Å². The van der Waals surface area contributed by atoms with E-state index in [2.05, 4.69) is 61.8 Å². The molecule has 0 spiro atoms. The minimum absolute atomic E-state index is 0.819. The molecule has 3 nitrogen and oxygen atoms in total. The van der Waals surface area contributed by atoms with E-state index >= 15 is 0 Å². The lowest BCUT2D eigenvalue weighted by molar-refractivity contribution is 0.416. The number of nitrogens with zero attached hydrogens (tertiary/aromatic N) is 1. The monoisotopic (exact) mass is 272 g/mol. The van der Waals surface area contributed by atoms with Gasteiger partial charge in [-0.05, 0) is 57.0 Å². The van der Waals surface area contributed by atoms with E-state index in [1.807, 2.05) is 0 Å². The number of ether oxygens (including phenoxy) is 1. The smallest absolute Gasteiger partial charge is 0.142 e. The third-order valence-electron chi connectivity index (χ3n) is 3.82. The number of nitrogens with one attached hydrogen (secondary N) is 1. The van der Waals surface area contributed by atoms with Crippen LogP contribution in [-0.4, -0.2) is 11.7 Å². The molecule has 0 radical (unpaired) electrons. The van der Waals surface area contributed by atoms with Crippen LogP contribution in [0.1, 0.15) is 29.4 Å². The fourth-order valence-corrected chi connectivity index (χ4v) is 2.67. The second-order valence-electron chi connectivity index (χ2n) is 5.20. The lowest BCUT2D eigenvalue weighted by atomic mass is 10.2. The van der Waals surface area contributed by atoms with Crippen LogP contribution in [0.3, 0.4) is 0 Å². The Hall–Kier alpha value is -1.90. The molecule has 0 saturated carbocycles. The quantitative estimate of drug-likeness (QED) is 0.888. The molecule has 0 unspecified atom stereocenters. The van der Waals surface area contributed by atoms with Crippen molar-refractivity contribution in [3.8, 4) is 5.75 Å². The first-order chi connectivity index (χ1) is 9.56. The van der Waals surface area contributed by atoms with Gasteiger partial charge in [0.15, 0.2) is 0 Å². The number of methoxy groups -OCH3 is 1. The largest absolute Gasteiger partial charge is 0.495 e. The van der Waals surface area contributed by atoms with E-state index in [0.717, 1.165) is 24.5 Å². The predicted octanol–water partition coefficient (Wildman–Crippen LogP) is 4.05. The van der Waals surface area contributed by atoms with E-state index in [4.69, 9.17) is 4.74 Å². The van der Waals surface area contributed by atoms with Crippen molar-refractivity contribution < 1.29 is 4.74 Å². The number of aromatic nitrogens is 1. The van der Waals surface area contributed by atoms with Gasteiger partial charge in [-0.25, -0.2) is 0 Å². The van der Waals surface area contributed by atoms with E-state index in [1.165, 1.54) is 22.5 Å². The third kappa shape index (κ3) is 2.82. The Labute approximate surface area is 121 Å². The highest BCUT2D eigenvalue weighted by atomic mass is 16.5. The highest BCUT2D eigenvalue weighted by Gasteiger charge is 2.09. The van der Waals surface area contributed by atoms with Gasteiger partial charge in [0.25, 0.3) is 0 Å². The van der Waals surface area contributed by atoms with Gasteiger partial charge in [-0.2, -0.15) is 0 Å². The fraction of sp³-hybridized carbons (Fsp3) is 0.412. The summed E-state index contributed by atoms with van der Waals surface area (Å²) in [5, 5.41) is 3.47. The average Bonchev–Trinajstić information content (AvgIpc) is 2.71. The summed E-state index contributed by atoms with van der Waals surface area (Å²) in [5.41, 5.74) is 6.24.